The number of aromatic hydroxyl groups is 2. The molecule has 0 bridgehead atoms. The summed E-state index contributed by atoms with van der Waals surface area (Å²) in [6.07, 6.45) is 2.17. The lowest BCUT2D eigenvalue weighted by Crippen LogP contribution is -2.28. The molecule has 0 aliphatic rings. The molecule has 0 saturated heterocycles. The standard InChI is InChI=1S/C23H24N2O6/c1-14-11-19(27)22(29)23(31-14)17(15-6-7-18(26)20(12-15)30-2)13-21(28)25-10-8-16-5-3-4-9-24-16/h3-7,9,11-12,17,26,29H,8,10,13H2,1-2H3,(H,25,28)/t17-/m0/s1. The molecular formula is C23H24N2O6. The highest BCUT2D eigenvalue weighted by Crippen LogP contribution is 2.37. The largest absolute Gasteiger partial charge is 0.504 e. The van der Waals surface area contributed by atoms with Gasteiger partial charge in [-0.15, -0.1) is 0 Å². The van der Waals surface area contributed by atoms with Gasteiger partial charge in [0.25, 0.3) is 0 Å². The number of carbonyl (C=O) groups is 1. The Morgan fingerprint density at radius 1 is 1.23 bits per heavy atom. The lowest BCUT2D eigenvalue weighted by Gasteiger charge is -2.19. The van der Waals surface area contributed by atoms with E-state index in [1.165, 1.54) is 19.2 Å². The van der Waals surface area contributed by atoms with E-state index in [1.54, 1.807) is 25.3 Å². The van der Waals surface area contributed by atoms with Crippen LogP contribution in [0.4, 0.5) is 0 Å². The topological polar surface area (TPSA) is 122 Å². The van der Waals surface area contributed by atoms with Crippen molar-refractivity contribution < 1.29 is 24.2 Å². The minimum Gasteiger partial charge on any atom is -0.504 e. The van der Waals surface area contributed by atoms with E-state index < -0.39 is 17.1 Å². The number of aromatic nitrogens is 1. The number of phenols is 1. The summed E-state index contributed by atoms with van der Waals surface area (Å²) in [7, 11) is 1.41. The molecule has 1 atom stereocenters. The van der Waals surface area contributed by atoms with Crippen molar-refractivity contribution in [1.82, 2.24) is 10.3 Å². The van der Waals surface area contributed by atoms with E-state index in [1.807, 2.05) is 18.2 Å². The number of hydrogen-bond acceptors (Lipinski definition) is 7. The summed E-state index contributed by atoms with van der Waals surface area (Å²) in [5.74, 6) is -1.19. The summed E-state index contributed by atoms with van der Waals surface area (Å²) in [6, 6.07) is 11.3. The maximum Gasteiger partial charge on any atom is 0.227 e. The van der Waals surface area contributed by atoms with Crippen molar-refractivity contribution in [2.45, 2.75) is 25.7 Å². The smallest absolute Gasteiger partial charge is 0.227 e. The van der Waals surface area contributed by atoms with Crippen molar-refractivity contribution in [2.75, 3.05) is 13.7 Å². The molecule has 8 nitrogen and oxygen atoms in total. The second kappa shape index (κ2) is 9.80. The number of aryl methyl sites for hydroxylation is 1. The molecule has 0 fully saturated rings. The molecule has 0 spiro atoms. The zero-order valence-corrected chi connectivity index (χ0v) is 17.3. The van der Waals surface area contributed by atoms with Crippen LogP contribution in [0.25, 0.3) is 0 Å². The number of pyridine rings is 1. The Morgan fingerprint density at radius 3 is 2.74 bits per heavy atom. The molecule has 2 heterocycles. The third-order valence-corrected chi connectivity index (χ3v) is 4.81. The minimum absolute atomic E-state index is 0.0161. The van der Waals surface area contributed by atoms with Gasteiger partial charge in [0.2, 0.25) is 17.1 Å². The molecule has 0 saturated carbocycles. The predicted molar refractivity (Wildman–Crippen MR) is 113 cm³/mol. The zero-order chi connectivity index (χ0) is 22.4. The number of benzene rings is 1. The van der Waals surface area contributed by atoms with E-state index in [9.17, 15) is 19.8 Å². The highest BCUT2D eigenvalue weighted by atomic mass is 16.5. The first-order chi connectivity index (χ1) is 14.9. The molecule has 1 aromatic carbocycles. The Balaban J connectivity index is 1.86. The van der Waals surface area contributed by atoms with Gasteiger partial charge in [-0.3, -0.25) is 14.6 Å². The average Bonchev–Trinajstić information content (AvgIpc) is 2.76. The number of rotatable bonds is 8. The molecule has 0 aliphatic heterocycles. The van der Waals surface area contributed by atoms with Crippen molar-refractivity contribution in [2.24, 2.45) is 0 Å². The summed E-state index contributed by atoms with van der Waals surface area (Å²) in [4.78, 5) is 29.0. The molecule has 162 valence electrons. The molecule has 8 heteroatoms. The van der Waals surface area contributed by atoms with Crippen molar-refractivity contribution >= 4 is 5.91 Å². The molecule has 3 N–H and O–H groups in total. The van der Waals surface area contributed by atoms with Gasteiger partial charge in [-0.2, -0.15) is 0 Å². The molecular weight excluding hydrogens is 400 g/mol. The van der Waals surface area contributed by atoms with Gasteiger partial charge >= 0.3 is 0 Å². The average molecular weight is 424 g/mol. The van der Waals surface area contributed by atoms with Crippen LogP contribution in [0.1, 0.15) is 35.1 Å². The SMILES string of the molecule is COc1cc([C@H](CC(=O)NCCc2ccccn2)c2oc(C)cc(=O)c2O)ccc1O. The summed E-state index contributed by atoms with van der Waals surface area (Å²) < 4.78 is 10.8. The molecule has 1 amide bonds. The van der Waals surface area contributed by atoms with Crippen LogP contribution in [-0.2, 0) is 11.2 Å². The van der Waals surface area contributed by atoms with Crippen LogP contribution < -0.4 is 15.5 Å². The summed E-state index contributed by atoms with van der Waals surface area (Å²) in [5, 5.41) is 23.1. The number of carbonyl (C=O) groups excluding carboxylic acids is 1. The fourth-order valence-electron chi connectivity index (χ4n) is 3.27. The number of ether oxygens (including phenoxy) is 1. The third kappa shape index (κ3) is 5.42. The highest BCUT2D eigenvalue weighted by Gasteiger charge is 2.26. The number of phenolic OH excluding ortho intramolecular Hbond substituents is 1. The lowest BCUT2D eigenvalue weighted by atomic mass is 9.91. The number of nitrogens with one attached hydrogen (secondary N) is 1. The van der Waals surface area contributed by atoms with E-state index >= 15 is 0 Å². The monoisotopic (exact) mass is 424 g/mol. The van der Waals surface area contributed by atoms with Crippen LogP contribution in [0.15, 0.2) is 57.9 Å². The maximum atomic E-state index is 12.7. The van der Waals surface area contributed by atoms with Crippen molar-refractivity contribution in [3.05, 3.63) is 81.7 Å². The third-order valence-electron chi connectivity index (χ3n) is 4.81. The van der Waals surface area contributed by atoms with Gasteiger partial charge in [0, 0.05) is 37.3 Å². The number of methoxy groups -OCH3 is 1. The number of nitrogens with zero attached hydrogens (tertiary/aromatic N) is 1. The van der Waals surface area contributed by atoms with Gasteiger partial charge in [-0.1, -0.05) is 12.1 Å². The van der Waals surface area contributed by atoms with Gasteiger partial charge in [0.1, 0.15) is 5.76 Å². The fraction of sp³-hybridized carbons (Fsp3) is 0.261. The molecule has 0 aliphatic carbocycles. The Labute approximate surface area is 179 Å². The lowest BCUT2D eigenvalue weighted by molar-refractivity contribution is -0.121. The quantitative estimate of drug-likeness (QED) is 0.508. The number of amides is 1. The first-order valence-electron chi connectivity index (χ1n) is 9.76. The molecule has 31 heavy (non-hydrogen) atoms. The normalized spacial score (nSPS) is 11.7. The first-order valence-corrected chi connectivity index (χ1v) is 9.76. The van der Waals surface area contributed by atoms with E-state index in [-0.39, 0.29) is 29.6 Å². The molecule has 0 radical (unpaired) electrons. The Kier molecular flexibility index (Phi) is 6.92. The van der Waals surface area contributed by atoms with Gasteiger partial charge in [-0.05, 0) is 36.8 Å². The first kappa shape index (κ1) is 21.9. The van der Waals surface area contributed by atoms with Gasteiger partial charge in [0.15, 0.2) is 17.3 Å². The fourth-order valence-corrected chi connectivity index (χ4v) is 3.27. The second-order valence-corrected chi connectivity index (χ2v) is 7.04. The maximum absolute atomic E-state index is 12.7. The second-order valence-electron chi connectivity index (χ2n) is 7.04. The van der Waals surface area contributed by atoms with Crippen molar-refractivity contribution in [3.63, 3.8) is 0 Å². The Morgan fingerprint density at radius 2 is 2.03 bits per heavy atom. The Bertz CT molecular complexity index is 1110. The van der Waals surface area contributed by atoms with E-state index in [2.05, 4.69) is 10.3 Å². The Hall–Kier alpha value is -3.81. The molecule has 2 aromatic heterocycles. The minimum atomic E-state index is -0.767. The zero-order valence-electron chi connectivity index (χ0n) is 17.3. The summed E-state index contributed by atoms with van der Waals surface area (Å²) >= 11 is 0. The summed E-state index contributed by atoms with van der Waals surface area (Å²) in [6.45, 7) is 1.97. The van der Waals surface area contributed by atoms with Crippen molar-refractivity contribution in [1.29, 1.82) is 0 Å². The predicted octanol–water partition coefficient (Wildman–Crippen LogP) is 2.64. The highest BCUT2D eigenvalue weighted by molar-refractivity contribution is 5.77. The van der Waals surface area contributed by atoms with Crippen LogP contribution in [-0.4, -0.2) is 34.8 Å². The van der Waals surface area contributed by atoms with Gasteiger partial charge < -0.3 is 24.7 Å². The molecule has 3 rings (SSSR count). The van der Waals surface area contributed by atoms with Crippen LogP contribution in [0, 0.1) is 6.92 Å². The van der Waals surface area contributed by atoms with Gasteiger partial charge in [0.05, 0.1) is 13.0 Å². The van der Waals surface area contributed by atoms with Crippen molar-refractivity contribution in [3.8, 4) is 17.2 Å². The van der Waals surface area contributed by atoms with Crippen LogP contribution in [0.5, 0.6) is 17.2 Å². The van der Waals surface area contributed by atoms with Crippen LogP contribution in [0.2, 0.25) is 0 Å². The summed E-state index contributed by atoms with van der Waals surface area (Å²) in [5.41, 5.74) is 0.800. The van der Waals surface area contributed by atoms with Gasteiger partial charge in [-0.25, -0.2) is 0 Å². The van der Waals surface area contributed by atoms with E-state index in [0.29, 0.717) is 24.3 Å². The molecule has 0 unspecified atom stereocenters. The van der Waals surface area contributed by atoms with Crippen LogP contribution in [0.3, 0.4) is 0 Å². The molecule has 3 aromatic rings. The van der Waals surface area contributed by atoms with E-state index in [4.69, 9.17) is 9.15 Å². The van der Waals surface area contributed by atoms with Crippen LogP contribution >= 0.6 is 0 Å². The number of hydrogen-bond donors (Lipinski definition) is 3. The van der Waals surface area contributed by atoms with E-state index in [0.717, 1.165) is 5.69 Å².